The highest BCUT2D eigenvalue weighted by molar-refractivity contribution is 7.36. The molecule has 0 bridgehead atoms. The lowest BCUT2D eigenvalue weighted by atomic mass is 9.92. The van der Waals surface area contributed by atoms with Crippen LogP contribution in [0.3, 0.4) is 0 Å². The summed E-state index contributed by atoms with van der Waals surface area (Å²) in [5.74, 6) is 0.000972. The molecule has 1 aromatic rings. The predicted octanol–water partition coefficient (Wildman–Crippen LogP) is 1.11. The summed E-state index contributed by atoms with van der Waals surface area (Å²) in [7, 11) is 10.8. The Morgan fingerprint density at radius 2 is 1.69 bits per heavy atom. The minimum Gasteiger partial charge on any atom is -0.488 e. The molecule has 0 spiro atoms. The van der Waals surface area contributed by atoms with Crippen LogP contribution in [0.5, 0.6) is 5.75 Å². The number of benzene rings is 1. The smallest absolute Gasteiger partial charge is 0.123 e. The van der Waals surface area contributed by atoms with E-state index in [0.29, 0.717) is 11.3 Å². The summed E-state index contributed by atoms with van der Waals surface area (Å²) in [4.78, 5) is 0. The van der Waals surface area contributed by atoms with Gasteiger partial charge in [-0.2, -0.15) is 0 Å². The van der Waals surface area contributed by atoms with E-state index in [9.17, 15) is 4.39 Å². The molecule has 0 saturated heterocycles. The van der Waals surface area contributed by atoms with Gasteiger partial charge in [0.05, 0.1) is 0 Å². The summed E-state index contributed by atoms with van der Waals surface area (Å²) in [6.45, 7) is 7.40. The van der Waals surface area contributed by atoms with Gasteiger partial charge in [-0.15, -0.1) is 18.5 Å². The molecular formula is C11H16BFOP2. The molecule has 0 fully saturated rings. The minimum absolute atomic E-state index is 0.0728. The Balaban J connectivity index is 3.40. The zero-order valence-corrected chi connectivity index (χ0v) is 12.3. The Morgan fingerprint density at radius 1 is 1.19 bits per heavy atom. The number of ether oxygens (including phenoxy) is 1. The van der Waals surface area contributed by atoms with E-state index in [2.05, 4.69) is 18.5 Å². The van der Waals surface area contributed by atoms with Crippen LogP contribution in [0.4, 0.5) is 4.39 Å². The van der Waals surface area contributed by atoms with Crippen molar-refractivity contribution in [3.63, 3.8) is 0 Å². The molecule has 0 heterocycles. The molecule has 5 heteroatoms. The van der Waals surface area contributed by atoms with Gasteiger partial charge >= 0.3 is 0 Å². The summed E-state index contributed by atoms with van der Waals surface area (Å²) in [5, 5.41) is 1.56. The quantitative estimate of drug-likeness (QED) is 0.540. The summed E-state index contributed by atoms with van der Waals surface area (Å²) in [6.07, 6.45) is 0. The predicted molar refractivity (Wildman–Crippen MR) is 75.6 cm³/mol. The Hall–Kier alpha value is -0.125. The molecule has 0 aromatic heterocycles. The molecule has 86 valence electrons. The van der Waals surface area contributed by atoms with Gasteiger partial charge in [0.15, 0.2) is 0 Å². The van der Waals surface area contributed by atoms with Crippen LogP contribution in [0, 0.1) is 12.7 Å². The second kappa shape index (κ2) is 4.63. The lowest BCUT2D eigenvalue weighted by molar-refractivity contribution is 0.134. The molecule has 2 atom stereocenters. The normalized spacial score (nSPS) is 11.7. The van der Waals surface area contributed by atoms with Gasteiger partial charge in [0, 0.05) is 5.30 Å². The Labute approximate surface area is 102 Å². The second-order valence-electron chi connectivity index (χ2n) is 4.72. The van der Waals surface area contributed by atoms with Crippen molar-refractivity contribution in [3.8, 4) is 5.75 Å². The van der Waals surface area contributed by atoms with Crippen molar-refractivity contribution in [2.75, 3.05) is 0 Å². The first-order chi connectivity index (χ1) is 7.15. The minimum atomic E-state index is -0.407. The summed E-state index contributed by atoms with van der Waals surface area (Å²) < 4.78 is 19.5. The highest BCUT2D eigenvalue weighted by Crippen LogP contribution is 2.18. The second-order valence-corrected chi connectivity index (χ2v) is 5.88. The molecule has 2 unspecified atom stereocenters. The standard InChI is InChI=1S/C11H16BFOP2/c1-5-7(13)6(12)8(10(16)9(5)15)14-11(2,3)4/h15-16H2,1-4H3. The maximum Gasteiger partial charge on any atom is 0.123 e. The first-order valence-electron chi connectivity index (χ1n) is 4.96. The molecule has 0 aliphatic heterocycles. The first kappa shape index (κ1) is 13.9. The van der Waals surface area contributed by atoms with Crippen LogP contribution >= 0.6 is 18.5 Å². The van der Waals surface area contributed by atoms with Gasteiger partial charge in [0.1, 0.15) is 25.0 Å². The van der Waals surface area contributed by atoms with Gasteiger partial charge in [-0.3, -0.25) is 0 Å². The molecule has 0 aliphatic rings. The van der Waals surface area contributed by atoms with Crippen molar-refractivity contribution in [2.45, 2.75) is 33.3 Å². The Morgan fingerprint density at radius 3 is 2.12 bits per heavy atom. The molecule has 0 aliphatic carbocycles. The Kier molecular flexibility index (Phi) is 4.03. The zero-order valence-electron chi connectivity index (χ0n) is 10.0. The van der Waals surface area contributed by atoms with Crippen molar-refractivity contribution in [1.82, 2.24) is 0 Å². The third-order valence-corrected chi connectivity index (χ3v) is 3.81. The topological polar surface area (TPSA) is 9.23 Å². The summed E-state index contributed by atoms with van der Waals surface area (Å²) in [5.41, 5.74) is 0.204. The number of hydrogen-bond acceptors (Lipinski definition) is 1. The van der Waals surface area contributed by atoms with Crippen LogP contribution in [-0.2, 0) is 0 Å². The van der Waals surface area contributed by atoms with Crippen LogP contribution in [0.15, 0.2) is 0 Å². The van der Waals surface area contributed by atoms with Gasteiger partial charge in [-0.05, 0) is 44.0 Å². The van der Waals surface area contributed by atoms with Crippen LogP contribution in [0.25, 0.3) is 0 Å². The van der Waals surface area contributed by atoms with Gasteiger partial charge in [0.2, 0.25) is 0 Å². The van der Waals surface area contributed by atoms with Crippen molar-refractivity contribution < 1.29 is 9.13 Å². The van der Waals surface area contributed by atoms with Gasteiger partial charge in [-0.25, -0.2) is 4.39 Å². The third kappa shape index (κ3) is 2.76. The van der Waals surface area contributed by atoms with E-state index in [4.69, 9.17) is 12.6 Å². The molecule has 1 aromatic carbocycles. The third-order valence-electron chi connectivity index (χ3n) is 2.16. The maximum atomic E-state index is 13.8. The molecule has 16 heavy (non-hydrogen) atoms. The van der Waals surface area contributed by atoms with Crippen LogP contribution in [0.1, 0.15) is 26.3 Å². The van der Waals surface area contributed by atoms with E-state index in [1.54, 1.807) is 6.92 Å². The molecule has 0 saturated carbocycles. The zero-order chi connectivity index (χ0) is 12.7. The SMILES string of the molecule is [B]c1c(F)c(C)c(P)c(P)c1OC(C)(C)C. The van der Waals surface area contributed by atoms with E-state index in [1.807, 2.05) is 20.8 Å². The highest BCUT2D eigenvalue weighted by atomic mass is 31.0. The van der Waals surface area contributed by atoms with E-state index in [-0.39, 0.29) is 5.46 Å². The van der Waals surface area contributed by atoms with Crippen LogP contribution in [-0.4, -0.2) is 13.4 Å². The fourth-order valence-corrected chi connectivity index (χ4v) is 1.99. The maximum absolute atomic E-state index is 13.8. The molecule has 2 radical (unpaired) electrons. The summed E-state index contributed by atoms with van der Waals surface area (Å²) >= 11 is 0. The fourth-order valence-electron chi connectivity index (χ4n) is 1.31. The van der Waals surface area contributed by atoms with E-state index in [1.165, 1.54) is 0 Å². The lowest BCUT2D eigenvalue weighted by Crippen LogP contribution is -2.35. The van der Waals surface area contributed by atoms with Gasteiger partial charge in [0.25, 0.3) is 0 Å². The average molecular weight is 256 g/mol. The average Bonchev–Trinajstić information content (AvgIpc) is 2.17. The molecule has 0 amide bonds. The van der Waals surface area contributed by atoms with Crippen molar-refractivity contribution in [2.24, 2.45) is 0 Å². The van der Waals surface area contributed by atoms with Crippen LogP contribution < -0.4 is 20.8 Å². The Bertz CT molecular complexity index is 398. The van der Waals surface area contributed by atoms with Crippen molar-refractivity contribution in [3.05, 3.63) is 11.4 Å². The van der Waals surface area contributed by atoms with E-state index >= 15 is 0 Å². The van der Waals surface area contributed by atoms with Crippen LogP contribution in [0.2, 0.25) is 0 Å². The number of halogens is 1. The number of hydrogen-bond donors (Lipinski definition) is 0. The van der Waals surface area contributed by atoms with Gasteiger partial charge in [-0.1, -0.05) is 0 Å². The van der Waals surface area contributed by atoms with Gasteiger partial charge < -0.3 is 4.74 Å². The lowest BCUT2D eigenvalue weighted by Gasteiger charge is -2.26. The highest BCUT2D eigenvalue weighted by Gasteiger charge is 2.20. The van der Waals surface area contributed by atoms with Crippen molar-refractivity contribution >= 4 is 42.4 Å². The van der Waals surface area contributed by atoms with E-state index < -0.39 is 11.4 Å². The number of rotatable bonds is 1. The summed E-state index contributed by atoms with van der Waals surface area (Å²) in [6, 6.07) is 0. The molecule has 1 nitrogen and oxygen atoms in total. The van der Waals surface area contributed by atoms with Crippen molar-refractivity contribution in [1.29, 1.82) is 0 Å². The monoisotopic (exact) mass is 256 g/mol. The van der Waals surface area contributed by atoms with E-state index in [0.717, 1.165) is 10.6 Å². The largest absolute Gasteiger partial charge is 0.488 e. The fraction of sp³-hybridized carbons (Fsp3) is 0.455. The molecular weight excluding hydrogens is 240 g/mol. The molecule has 1 rings (SSSR count). The first-order valence-corrected chi connectivity index (χ1v) is 6.12. The molecule has 0 N–H and O–H groups in total.